The summed E-state index contributed by atoms with van der Waals surface area (Å²) in [5.74, 6) is -1.46. The zero-order valence-electron chi connectivity index (χ0n) is 19.5. The van der Waals surface area contributed by atoms with E-state index in [2.05, 4.69) is 34.9 Å². The van der Waals surface area contributed by atoms with Gasteiger partial charge in [-0.25, -0.2) is 4.79 Å². The highest BCUT2D eigenvalue weighted by atomic mass is 16.5. The summed E-state index contributed by atoms with van der Waals surface area (Å²) in [6, 6.07) is 16.0. The molecule has 1 fully saturated rings. The molecule has 7 nitrogen and oxygen atoms in total. The van der Waals surface area contributed by atoms with Crippen LogP contribution in [-0.2, 0) is 14.3 Å². The molecule has 2 aromatic carbocycles. The van der Waals surface area contributed by atoms with Gasteiger partial charge in [-0.15, -0.1) is 0 Å². The number of aliphatic carboxylic acids is 1. The number of amides is 2. The summed E-state index contributed by atoms with van der Waals surface area (Å²) >= 11 is 0. The van der Waals surface area contributed by atoms with E-state index in [0.717, 1.165) is 24.0 Å². The first-order chi connectivity index (χ1) is 17.0. The molecule has 3 aliphatic rings. The second-order valence-corrected chi connectivity index (χ2v) is 9.81. The highest BCUT2D eigenvalue weighted by molar-refractivity contribution is 5.83. The third-order valence-corrected chi connectivity index (χ3v) is 7.68. The zero-order chi connectivity index (χ0) is 24.4. The standard InChI is InChI=1S/C28H30N2O5/c31-25(29-17-28(26(32)33)13-5-6-14-28)18-11-12-19(15-18)30-27(34)35-16-24-22-9-3-1-7-20(22)21-8-2-4-10-23(21)24/h1-4,7-12,18-19,24H,5-6,13-17H2,(H,29,31)(H,30,34)(H,32,33). The van der Waals surface area contributed by atoms with Crippen LogP contribution < -0.4 is 10.6 Å². The number of nitrogens with one attached hydrogen (secondary N) is 2. The maximum Gasteiger partial charge on any atom is 0.407 e. The minimum atomic E-state index is -0.850. The van der Waals surface area contributed by atoms with Gasteiger partial charge in [-0.2, -0.15) is 0 Å². The Kier molecular flexibility index (Phi) is 6.32. The Morgan fingerprint density at radius 3 is 2.20 bits per heavy atom. The summed E-state index contributed by atoms with van der Waals surface area (Å²) in [5, 5.41) is 15.3. The first-order valence-corrected chi connectivity index (χ1v) is 12.3. The molecule has 0 radical (unpaired) electrons. The summed E-state index contributed by atoms with van der Waals surface area (Å²) in [4.78, 5) is 36.9. The molecule has 2 atom stereocenters. The van der Waals surface area contributed by atoms with E-state index in [1.54, 1.807) is 12.2 Å². The van der Waals surface area contributed by atoms with Crippen LogP contribution in [0.25, 0.3) is 11.1 Å². The largest absolute Gasteiger partial charge is 0.481 e. The number of hydrogen-bond acceptors (Lipinski definition) is 4. The van der Waals surface area contributed by atoms with E-state index in [1.165, 1.54) is 11.1 Å². The van der Waals surface area contributed by atoms with E-state index < -0.39 is 23.4 Å². The van der Waals surface area contributed by atoms with Crippen molar-refractivity contribution in [1.82, 2.24) is 10.6 Å². The number of ether oxygens (including phenoxy) is 1. The predicted molar refractivity (Wildman–Crippen MR) is 131 cm³/mol. The minimum Gasteiger partial charge on any atom is -0.481 e. The summed E-state index contributed by atoms with van der Waals surface area (Å²) in [6.45, 7) is 0.382. The molecule has 5 rings (SSSR count). The molecule has 0 heterocycles. The smallest absolute Gasteiger partial charge is 0.407 e. The number of fused-ring (bicyclic) bond motifs is 3. The maximum atomic E-state index is 12.6. The van der Waals surface area contributed by atoms with Crippen LogP contribution in [0.3, 0.4) is 0 Å². The van der Waals surface area contributed by atoms with Gasteiger partial charge >= 0.3 is 12.1 Å². The van der Waals surface area contributed by atoms with Crippen LogP contribution in [0.2, 0.25) is 0 Å². The van der Waals surface area contributed by atoms with Crippen molar-refractivity contribution in [3.8, 4) is 11.1 Å². The second kappa shape index (κ2) is 9.56. The van der Waals surface area contributed by atoms with Gasteiger partial charge in [0.15, 0.2) is 0 Å². The SMILES string of the molecule is O=C(NC1C=CC(C(=O)NCC2(C(=O)O)CCCC2)C1)OCC1c2ccccc2-c2ccccc21. The number of benzene rings is 2. The van der Waals surface area contributed by atoms with Crippen molar-refractivity contribution < 1.29 is 24.2 Å². The van der Waals surface area contributed by atoms with Crippen LogP contribution in [-0.4, -0.2) is 42.3 Å². The lowest BCUT2D eigenvalue weighted by molar-refractivity contribution is -0.148. The molecule has 2 amide bonds. The van der Waals surface area contributed by atoms with Gasteiger partial charge in [-0.05, 0) is 41.5 Å². The van der Waals surface area contributed by atoms with Gasteiger partial charge in [0, 0.05) is 12.5 Å². The van der Waals surface area contributed by atoms with E-state index in [0.29, 0.717) is 19.3 Å². The Morgan fingerprint density at radius 2 is 1.57 bits per heavy atom. The number of carbonyl (C=O) groups excluding carboxylic acids is 2. The van der Waals surface area contributed by atoms with Gasteiger partial charge in [-0.3, -0.25) is 9.59 Å². The van der Waals surface area contributed by atoms with Crippen molar-refractivity contribution in [2.24, 2.45) is 11.3 Å². The Balaban J connectivity index is 1.12. The van der Waals surface area contributed by atoms with Gasteiger partial charge in [-0.1, -0.05) is 73.5 Å². The average molecular weight is 475 g/mol. The molecule has 0 bridgehead atoms. The molecule has 0 saturated heterocycles. The number of carboxylic acids is 1. The third kappa shape index (κ3) is 4.55. The van der Waals surface area contributed by atoms with E-state index in [-0.39, 0.29) is 31.0 Å². The molecule has 7 heteroatoms. The minimum absolute atomic E-state index is 0.0112. The fourth-order valence-corrected chi connectivity index (χ4v) is 5.70. The zero-order valence-corrected chi connectivity index (χ0v) is 19.5. The lowest BCUT2D eigenvalue weighted by Gasteiger charge is -2.24. The molecule has 182 valence electrons. The predicted octanol–water partition coefficient (Wildman–Crippen LogP) is 4.23. The van der Waals surface area contributed by atoms with Crippen molar-refractivity contribution in [2.45, 2.75) is 44.1 Å². The monoisotopic (exact) mass is 474 g/mol. The van der Waals surface area contributed by atoms with Gasteiger partial charge in [0.2, 0.25) is 5.91 Å². The fourth-order valence-electron chi connectivity index (χ4n) is 5.70. The highest BCUT2D eigenvalue weighted by Gasteiger charge is 2.42. The van der Waals surface area contributed by atoms with Crippen molar-refractivity contribution in [2.75, 3.05) is 13.2 Å². The van der Waals surface area contributed by atoms with E-state index in [9.17, 15) is 19.5 Å². The summed E-state index contributed by atoms with van der Waals surface area (Å²) in [6.07, 6.45) is 6.41. The molecule has 1 saturated carbocycles. The van der Waals surface area contributed by atoms with Gasteiger partial charge < -0.3 is 20.5 Å². The number of alkyl carbamates (subject to hydrolysis) is 1. The van der Waals surface area contributed by atoms with E-state index in [1.807, 2.05) is 24.3 Å². The Hall–Kier alpha value is -3.61. The summed E-state index contributed by atoms with van der Waals surface area (Å²) < 4.78 is 5.60. The van der Waals surface area contributed by atoms with Gasteiger partial charge in [0.25, 0.3) is 0 Å². The average Bonchev–Trinajstić information content (AvgIpc) is 3.60. The van der Waals surface area contributed by atoms with Crippen molar-refractivity contribution in [3.63, 3.8) is 0 Å². The molecule has 0 aromatic heterocycles. The maximum absolute atomic E-state index is 12.6. The Labute approximate surface area is 204 Å². The number of rotatable bonds is 7. The molecule has 0 spiro atoms. The molecule has 35 heavy (non-hydrogen) atoms. The Bertz CT molecular complexity index is 1120. The molecule has 3 aliphatic carbocycles. The first kappa shape index (κ1) is 23.1. The second-order valence-electron chi connectivity index (χ2n) is 9.81. The molecule has 3 N–H and O–H groups in total. The molecular weight excluding hydrogens is 444 g/mol. The first-order valence-electron chi connectivity index (χ1n) is 12.3. The number of carbonyl (C=O) groups is 3. The van der Waals surface area contributed by atoms with Crippen molar-refractivity contribution >= 4 is 18.0 Å². The molecular formula is C28H30N2O5. The van der Waals surface area contributed by atoms with Crippen LogP contribution in [0.4, 0.5) is 4.79 Å². The number of carboxylic acid groups (broad SMARTS) is 1. The van der Waals surface area contributed by atoms with Crippen molar-refractivity contribution in [1.29, 1.82) is 0 Å². The third-order valence-electron chi connectivity index (χ3n) is 7.68. The topological polar surface area (TPSA) is 105 Å². The van der Waals surface area contributed by atoms with Gasteiger partial charge in [0.05, 0.1) is 17.4 Å². The van der Waals surface area contributed by atoms with Crippen LogP contribution in [0.5, 0.6) is 0 Å². The van der Waals surface area contributed by atoms with E-state index in [4.69, 9.17) is 4.74 Å². The van der Waals surface area contributed by atoms with Crippen LogP contribution in [0.15, 0.2) is 60.7 Å². The highest BCUT2D eigenvalue weighted by Crippen LogP contribution is 2.44. The summed E-state index contributed by atoms with van der Waals surface area (Å²) in [5.41, 5.74) is 3.80. The van der Waals surface area contributed by atoms with E-state index >= 15 is 0 Å². The lowest BCUT2D eigenvalue weighted by Crippen LogP contribution is -2.43. The quantitative estimate of drug-likeness (QED) is 0.521. The van der Waals surface area contributed by atoms with Crippen molar-refractivity contribution in [3.05, 3.63) is 71.8 Å². The molecule has 2 aromatic rings. The van der Waals surface area contributed by atoms with Crippen LogP contribution >= 0.6 is 0 Å². The van der Waals surface area contributed by atoms with Crippen LogP contribution in [0.1, 0.15) is 49.1 Å². The molecule has 0 aliphatic heterocycles. The number of hydrogen-bond donors (Lipinski definition) is 3. The molecule has 2 unspecified atom stereocenters. The Morgan fingerprint density at radius 1 is 0.943 bits per heavy atom. The lowest BCUT2D eigenvalue weighted by atomic mass is 9.86. The van der Waals surface area contributed by atoms with Gasteiger partial charge in [0.1, 0.15) is 6.61 Å². The van der Waals surface area contributed by atoms with Crippen LogP contribution in [0, 0.1) is 11.3 Å². The fraction of sp³-hybridized carbons (Fsp3) is 0.393. The normalized spacial score (nSPS) is 21.8. The summed E-state index contributed by atoms with van der Waals surface area (Å²) in [7, 11) is 0.